The summed E-state index contributed by atoms with van der Waals surface area (Å²) in [7, 11) is 0. The van der Waals surface area contributed by atoms with Gasteiger partial charge in [0.05, 0.1) is 6.61 Å². The average molecular weight is 287 g/mol. The van der Waals surface area contributed by atoms with Gasteiger partial charge in [-0.25, -0.2) is 4.79 Å². The van der Waals surface area contributed by atoms with Crippen molar-refractivity contribution < 1.29 is 19.7 Å². The first-order chi connectivity index (χ1) is 10.1. The third-order valence-corrected chi connectivity index (χ3v) is 3.27. The molecule has 0 bridgehead atoms. The number of ether oxygens (including phenoxy) is 1. The fourth-order valence-electron chi connectivity index (χ4n) is 1.97. The zero-order valence-electron chi connectivity index (χ0n) is 11.4. The predicted molar refractivity (Wildman–Crippen MR) is 77.8 cm³/mol. The van der Waals surface area contributed by atoms with Crippen LogP contribution in [0, 0.1) is 0 Å². The van der Waals surface area contributed by atoms with E-state index in [0.717, 1.165) is 0 Å². The first kappa shape index (κ1) is 15.0. The summed E-state index contributed by atoms with van der Waals surface area (Å²) in [6.07, 6.45) is 0. The summed E-state index contributed by atoms with van der Waals surface area (Å²) in [5, 5.41) is 18.7. The number of rotatable bonds is 6. The van der Waals surface area contributed by atoms with E-state index >= 15 is 0 Å². The van der Waals surface area contributed by atoms with Crippen LogP contribution in [0.15, 0.2) is 54.6 Å². The SMILES string of the molecule is NC(COc1ccccc1CO)(C(=O)O)c1ccccc1. The van der Waals surface area contributed by atoms with E-state index in [1.165, 1.54) is 0 Å². The topological polar surface area (TPSA) is 92.8 Å². The summed E-state index contributed by atoms with van der Waals surface area (Å²) in [5.74, 6) is -0.748. The second-order valence-electron chi connectivity index (χ2n) is 4.70. The number of hydrogen-bond donors (Lipinski definition) is 3. The first-order valence-corrected chi connectivity index (χ1v) is 6.47. The van der Waals surface area contributed by atoms with Gasteiger partial charge in [-0.3, -0.25) is 0 Å². The van der Waals surface area contributed by atoms with Crippen LogP contribution in [0.1, 0.15) is 11.1 Å². The van der Waals surface area contributed by atoms with E-state index in [1.54, 1.807) is 54.6 Å². The Hall–Kier alpha value is -2.37. The molecule has 2 aromatic rings. The largest absolute Gasteiger partial charge is 0.490 e. The van der Waals surface area contributed by atoms with Gasteiger partial charge in [-0.2, -0.15) is 0 Å². The highest BCUT2D eigenvalue weighted by atomic mass is 16.5. The number of aliphatic hydroxyl groups is 1. The first-order valence-electron chi connectivity index (χ1n) is 6.47. The van der Waals surface area contributed by atoms with E-state index in [1.807, 2.05) is 0 Å². The maximum Gasteiger partial charge on any atom is 0.331 e. The molecule has 0 aliphatic heterocycles. The molecule has 0 amide bonds. The molecule has 2 aromatic carbocycles. The number of para-hydroxylation sites is 1. The van der Waals surface area contributed by atoms with Crippen molar-refractivity contribution in [3.8, 4) is 5.75 Å². The van der Waals surface area contributed by atoms with E-state index in [9.17, 15) is 15.0 Å². The van der Waals surface area contributed by atoms with Gasteiger partial charge in [0.1, 0.15) is 12.4 Å². The molecular weight excluding hydrogens is 270 g/mol. The van der Waals surface area contributed by atoms with Crippen molar-refractivity contribution in [2.24, 2.45) is 5.73 Å². The lowest BCUT2D eigenvalue weighted by atomic mass is 9.92. The normalized spacial score (nSPS) is 13.4. The summed E-state index contributed by atoms with van der Waals surface area (Å²) in [5.41, 5.74) is 5.40. The van der Waals surface area contributed by atoms with Crippen molar-refractivity contribution >= 4 is 5.97 Å². The zero-order chi connectivity index (χ0) is 15.3. The van der Waals surface area contributed by atoms with Crippen molar-refractivity contribution in [3.05, 3.63) is 65.7 Å². The molecule has 21 heavy (non-hydrogen) atoms. The van der Waals surface area contributed by atoms with Crippen LogP contribution >= 0.6 is 0 Å². The number of aliphatic carboxylic acids is 1. The van der Waals surface area contributed by atoms with Gasteiger partial charge in [-0.1, -0.05) is 48.5 Å². The van der Waals surface area contributed by atoms with Gasteiger partial charge in [-0.05, 0) is 11.6 Å². The Balaban J connectivity index is 2.24. The van der Waals surface area contributed by atoms with Crippen LogP contribution in [-0.2, 0) is 16.9 Å². The van der Waals surface area contributed by atoms with Crippen LogP contribution in [0.25, 0.3) is 0 Å². The Morgan fingerprint density at radius 1 is 1.10 bits per heavy atom. The molecule has 5 nitrogen and oxygen atoms in total. The molecule has 0 aliphatic rings. The number of nitrogens with two attached hydrogens (primary N) is 1. The Kier molecular flexibility index (Phi) is 4.57. The Labute approximate surface area is 122 Å². The van der Waals surface area contributed by atoms with E-state index in [4.69, 9.17) is 10.5 Å². The molecule has 0 spiro atoms. The van der Waals surface area contributed by atoms with Crippen molar-refractivity contribution in [2.45, 2.75) is 12.1 Å². The quantitative estimate of drug-likeness (QED) is 0.748. The van der Waals surface area contributed by atoms with Crippen LogP contribution in [0.4, 0.5) is 0 Å². The number of carboxylic acid groups (broad SMARTS) is 1. The van der Waals surface area contributed by atoms with Gasteiger partial charge in [-0.15, -0.1) is 0 Å². The molecule has 1 atom stereocenters. The summed E-state index contributed by atoms with van der Waals surface area (Å²) < 4.78 is 5.54. The monoisotopic (exact) mass is 287 g/mol. The molecule has 0 aromatic heterocycles. The van der Waals surface area contributed by atoms with Crippen molar-refractivity contribution in [2.75, 3.05) is 6.61 Å². The van der Waals surface area contributed by atoms with Crippen molar-refractivity contribution in [1.29, 1.82) is 0 Å². The van der Waals surface area contributed by atoms with Crippen LogP contribution in [-0.4, -0.2) is 22.8 Å². The fourth-order valence-corrected chi connectivity index (χ4v) is 1.97. The summed E-state index contributed by atoms with van der Waals surface area (Å²) >= 11 is 0. The van der Waals surface area contributed by atoms with E-state index in [-0.39, 0.29) is 13.2 Å². The van der Waals surface area contributed by atoms with Crippen molar-refractivity contribution in [1.82, 2.24) is 0 Å². The maximum atomic E-state index is 11.5. The second kappa shape index (κ2) is 6.39. The highest BCUT2D eigenvalue weighted by molar-refractivity contribution is 5.80. The lowest BCUT2D eigenvalue weighted by molar-refractivity contribution is -0.145. The number of benzene rings is 2. The molecule has 0 heterocycles. The van der Waals surface area contributed by atoms with Gasteiger partial charge < -0.3 is 20.7 Å². The van der Waals surface area contributed by atoms with E-state index in [2.05, 4.69) is 0 Å². The standard InChI is InChI=1S/C16H17NO4/c17-16(15(19)20,13-7-2-1-3-8-13)11-21-14-9-5-4-6-12(14)10-18/h1-9,18H,10-11,17H2,(H,19,20). The smallest absolute Gasteiger partial charge is 0.331 e. The summed E-state index contributed by atoms with van der Waals surface area (Å²) in [4.78, 5) is 11.5. The minimum absolute atomic E-state index is 0.188. The minimum atomic E-state index is -1.65. The Morgan fingerprint density at radius 3 is 2.33 bits per heavy atom. The molecular formula is C16H17NO4. The van der Waals surface area contributed by atoms with Crippen LogP contribution in [0.5, 0.6) is 5.75 Å². The van der Waals surface area contributed by atoms with Gasteiger partial charge in [0, 0.05) is 5.56 Å². The molecule has 0 saturated carbocycles. The molecule has 5 heteroatoms. The molecule has 110 valence electrons. The van der Waals surface area contributed by atoms with Crippen LogP contribution < -0.4 is 10.5 Å². The highest BCUT2D eigenvalue weighted by Crippen LogP contribution is 2.23. The second-order valence-corrected chi connectivity index (χ2v) is 4.70. The summed E-state index contributed by atoms with van der Waals surface area (Å²) in [6, 6.07) is 15.4. The number of carboxylic acids is 1. The highest BCUT2D eigenvalue weighted by Gasteiger charge is 2.37. The molecule has 0 radical (unpaired) electrons. The lowest BCUT2D eigenvalue weighted by Gasteiger charge is -2.25. The van der Waals surface area contributed by atoms with Crippen LogP contribution in [0.3, 0.4) is 0 Å². The molecule has 2 rings (SSSR count). The molecule has 0 saturated heterocycles. The zero-order valence-corrected chi connectivity index (χ0v) is 11.4. The average Bonchev–Trinajstić information content (AvgIpc) is 2.53. The summed E-state index contributed by atoms with van der Waals surface area (Å²) in [6.45, 7) is -0.421. The number of hydrogen-bond acceptors (Lipinski definition) is 4. The van der Waals surface area contributed by atoms with Gasteiger partial charge in [0.25, 0.3) is 0 Å². The maximum absolute atomic E-state index is 11.5. The molecule has 1 unspecified atom stereocenters. The Morgan fingerprint density at radius 2 is 1.71 bits per heavy atom. The molecule has 0 aliphatic carbocycles. The fraction of sp³-hybridized carbons (Fsp3) is 0.188. The number of aliphatic hydroxyl groups excluding tert-OH is 1. The van der Waals surface area contributed by atoms with E-state index < -0.39 is 11.5 Å². The Bertz CT molecular complexity index is 615. The van der Waals surface area contributed by atoms with Gasteiger partial charge in [0.15, 0.2) is 5.54 Å². The molecule has 0 fully saturated rings. The third kappa shape index (κ3) is 3.21. The number of carbonyl (C=O) groups is 1. The van der Waals surface area contributed by atoms with Gasteiger partial charge in [0.2, 0.25) is 0 Å². The lowest BCUT2D eigenvalue weighted by Crippen LogP contribution is -2.49. The molecule has 4 N–H and O–H groups in total. The predicted octanol–water partition coefficient (Wildman–Crippen LogP) is 1.50. The minimum Gasteiger partial charge on any atom is -0.490 e. The van der Waals surface area contributed by atoms with Crippen molar-refractivity contribution in [3.63, 3.8) is 0 Å². The van der Waals surface area contributed by atoms with E-state index in [0.29, 0.717) is 16.9 Å². The van der Waals surface area contributed by atoms with Gasteiger partial charge >= 0.3 is 5.97 Å². The third-order valence-electron chi connectivity index (χ3n) is 3.27. The van der Waals surface area contributed by atoms with Crippen LogP contribution in [0.2, 0.25) is 0 Å².